The minimum atomic E-state index is 0.650. The maximum Gasteiger partial charge on any atom is 0.0402 e. The summed E-state index contributed by atoms with van der Waals surface area (Å²) in [5.41, 5.74) is 3.92. The quantitative estimate of drug-likeness (QED) is 0.731. The van der Waals surface area contributed by atoms with Crippen molar-refractivity contribution in [2.24, 2.45) is 0 Å². The third kappa shape index (κ3) is 2.63. The highest BCUT2D eigenvalue weighted by atomic mass is 35.5. The summed E-state index contributed by atoms with van der Waals surface area (Å²) < 4.78 is 0. The van der Waals surface area contributed by atoms with Crippen molar-refractivity contribution < 1.29 is 0 Å². The lowest BCUT2D eigenvalue weighted by molar-refractivity contribution is 1.10. The van der Waals surface area contributed by atoms with Crippen molar-refractivity contribution in [2.45, 2.75) is 20.3 Å². The second kappa shape index (κ2) is 5.13. The van der Waals surface area contributed by atoms with Crippen LogP contribution in [-0.4, -0.2) is 12.4 Å². The molecule has 2 heteroatoms. The van der Waals surface area contributed by atoms with Crippen LogP contribution in [0, 0.1) is 6.92 Å². The van der Waals surface area contributed by atoms with Gasteiger partial charge in [0, 0.05) is 18.1 Å². The minimum absolute atomic E-state index is 0.650. The Morgan fingerprint density at radius 1 is 1.38 bits per heavy atom. The van der Waals surface area contributed by atoms with Crippen LogP contribution in [0.1, 0.15) is 18.1 Å². The van der Waals surface area contributed by atoms with Crippen LogP contribution in [0.3, 0.4) is 0 Å². The molecule has 0 saturated carbocycles. The van der Waals surface area contributed by atoms with Crippen LogP contribution < -0.4 is 5.32 Å². The van der Waals surface area contributed by atoms with E-state index in [-0.39, 0.29) is 0 Å². The Kier molecular flexibility index (Phi) is 4.10. The van der Waals surface area contributed by atoms with Gasteiger partial charge in [0.1, 0.15) is 0 Å². The number of hydrogen-bond acceptors (Lipinski definition) is 1. The Labute approximate surface area is 85.1 Å². The molecule has 1 N–H and O–H groups in total. The molecule has 0 unspecified atom stereocenters. The summed E-state index contributed by atoms with van der Waals surface area (Å²) in [6.45, 7) is 5.12. The van der Waals surface area contributed by atoms with E-state index in [0.29, 0.717) is 5.88 Å². The smallest absolute Gasteiger partial charge is 0.0402 e. The molecule has 0 radical (unpaired) electrons. The van der Waals surface area contributed by atoms with Gasteiger partial charge in [-0.3, -0.25) is 0 Å². The van der Waals surface area contributed by atoms with E-state index in [4.69, 9.17) is 11.6 Å². The molecule has 0 aromatic heterocycles. The summed E-state index contributed by atoms with van der Waals surface area (Å²) in [5.74, 6) is 0.650. The predicted molar refractivity (Wildman–Crippen MR) is 59.8 cm³/mol. The summed E-state index contributed by atoms with van der Waals surface area (Å²) in [4.78, 5) is 0. The van der Waals surface area contributed by atoms with E-state index in [1.54, 1.807) is 0 Å². The van der Waals surface area contributed by atoms with Gasteiger partial charge in [-0.25, -0.2) is 0 Å². The molecular weight excluding hydrogens is 182 g/mol. The van der Waals surface area contributed by atoms with Crippen molar-refractivity contribution >= 4 is 17.3 Å². The zero-order valence-electron chi connectivity index (χ0n) is 8.23. The Balaban J connectivity index is 2.87. The van der Waals surface area contributed by atoms with Gasteiger partial charge in [0.05, 0.1) is 0 Å². The second-order valence-corrected chi connectivity index (χ2v) is 3.46. The first-order valence-corrected chi connectivity index (χ1v) is 5.21. The van der Waals surface area contributed by atoms with Crippen molar-refractivity contribution in [2.75, 3.05) is 17.7 Å². The molecule has 1 aromatic carbocycles. The summed E-state index contributed by atoms with van der Waals surface area (Å²) in [5, 5.41) is 3.35. The SMILES string of the molecule is CCc1cccc(C)c1NCCCl. The summed E-state index contributed by atoms with van der Waals surface area (Å²) in [6.07, 6.45) is 1.06. The number of para-hydroxylation sites is 1. The van der Waals surface area contributed by atoms with Gasteiger partial charge in [0.25, 0.3) is 0 Å². The Morgan fingerprint density at radius 2 is 2.15 bits per heavy atom. The molecule has 0 fully saturated rings. The van der Waals surface area contributed by atoms with Gasteiger partial charge in [-0.2, -0.15) is 0 Å². The van der Waals surface area contributed by atoms with Gasteiger partial charge in [-0.1, -0.05) is 25.1 Å². The molecule has 0 heterocycles. The lowest BCUT2D eigenvalue weighted by Crippen LogP contribution is -2.06. The highest BCUT2D eigenvalue weighted by Gasteiger charge is 2.01. The summed E-state index contributed by atoms with van der Waals surface area (Å²) in [7, 11) is 0. The zero-order chi connectivity index (χ0) is 9.68. The molecule has 1 aromatic rings. The molecule has 0 spiro atoms. The van der Waals surface area contributed by atoms with E-state index in [9.17, 15) is 0 Å². The van der Waals surface area contributed by atoms with Crippen molar-refractivity contribution in [3.8, 4) is 0 Å². The van der Waals surface area contributed by atoms with Crippen LogP contribution in [0.5, 0.6) is 0 Å². The molecule has 0 aliphatic rings. The third-order valence-electron chi connectivity index (χ3n) is 2.14. The average Bonchev–Trinajstić information content (AvgIpc) is 2.15. The van der Waals surface area contributed by atoms with Crippen LogP contribution in [0.25, 0.3) is 0 Å². The van der Waals surface area contributed by atoms with Crippen LogP contribution in [0.2, 0.25) is 0 Å². The Hall–Kier alpha value is -0.690. The minimum Gasteiger partial charge on any atom is -0.383 e. The van der Waals surface area contributed by atoms with Crippen molar-refractivity contribution in [3.05, 3.63) is 29.3 Å². The average molecular weight is 198 g/mol. The van der Waals surface area contributed by atoms with Gasteiger partial charge < -0.3 is 5.32 Å². The van der Waals surface area contributed by atoms with E-state index < -0.39 is 0 Å². The van der Waals surface area contributed by atoms with Gasteiger partial charge >= 0.3 is 0 Å². The molecule has 72 valence electrons. The van der Waals surface area contributed by atoms with E-state index >= 15 is 0 Å². The van der Waals surface area contributed by atoms with E-state index in [1.807, 2.05) is 0 Å². The molecule has 13 heavy (non-hydrogen) atoms. The maximum atomic E-state index is 5.64. The number of hydrogen-bond donors (Lipinski definition) is 1. The lowest BCUT2D eigenvalue weighted by atomic mass is 10.1. The fourth-order valence-electron chi connectivity index (χ4n) is 1.45. The van der Waals surface area contributed by atoms with Gasteiger partial charge in [0.2, 0.25) is 0 Å². The van der Waals surface area contributed by atoms with E-state index in [1.165, 1.54) is 16.8 Å². The number of halogens is 1. The molecule has 0 atom stereocenters. The molecule has 1 nitrogen and oxygen atoms in total. The van der Waals surface area contributed by atoms with Gasteiger partial charge in [-0.05, 0) is 24.5 Å². The highest BCUT2D eigenvalue weighted by Crippen LogP contribution is 2.20. The van der Waals surface area contributed by atoms with Gasteiger partial charge in [-0.15, -0.1) is 11.6 Å². The predicted octanol–water partition coefficient (Wildman–Crippen LogP) is 3.21. The molecule has 0 saturated heterocycles. The van der Waals surface area contributed by atoms with Crippen molar-refractivity contribution in [1.82, 2.24) is 0 Å². The topological polar surface area (TPSA) is 12.0 Å². The van der Waals surface area contributed by atoms with Crippen molar-refractivity contribution in [1.29, 1.82) is 0 Å². The van der Waals surface area contributed by atoms with E-state index in [0.717, 1.165) is 13.0 Å². The van der Waals surface area contributed by atoms with Crippen LogP contribution in [-0.2, 0) is 6.42 Å². The largest absolute Gasteiger partial charge is 0.383 e. The first kappa shape index (κ1) is 10.4. The normalized spacial score (nSPS) is 10.1. The van der Waals surface area contributed by atoms with Crippen LogP contribution >= 0.6 is 11.6 Å². The van der Waals surface area contributed by atoms with Crippen LogP contribution in [0.4, 0.5) is 5.69 Å². The molecule has 0 aliphatic heterocycles. The number of benzene rings is 1. The fraction of sp³-hybridized carbons (Fsp3) is 0.455. The zero-order valence-corrected chi connectivity index (χ0v) is 8.99. The molecule has 0 amide bonds. The number of anilines is 1. The summed E-state index contributed by atoms with van der Waals surface area (Å²) in [6, 6.07) is 6.37. The third-order valence-corrected chi connectivity index (χ3v) is 2.33. The molecule has 0 aliphatic carbocycles. The first-order chi connectivity index (χ1) is 6.29. The standard InChI is InChI=1S/C11H16ClN/c1-3-10-6-4-5-9(2)11(10)13-8-7-12/h4-6,13H,3,7-8H2,1-2H3. The molecule has 0 bridgehead atoms. The maximum absolute atomic E-state index is 5.64. The van der Waals surface area contributed by atoms with Crippen molar-refractivity contribution in [3.63, 3.8) is 0 Å². The number of alkyl halides is 1. The monoisotopic (exact) mass is 197 g/mol. The second-order valence-electron chi connectivity index (χ2n) is 3.08. The summed E-state index contributed by atoms with van der Waals surface area (Å²) >= 11 is 5.64. The first-order valence-electron chi connectivity index (χ1n) is 4.68. The fourth-order valence-corrected chi connectivity index (χ4v) is 1.54. The van der Waals surface area contributed by atoms with E-state index in [2.05, 4.69) is 37.4 Å². The van der Waals surface area contributed by atoms with Gasteiger partial charge in [0.15, 0.2) is 0 Å². The number of rotatable bonds is 4. The highest BCUT2D eigenvalue weighted by molar-refractivity contribution is 6.18. The molecule has 1 rings (SSSR count). The Morgan fingerprint density at radius 3 is 2.77 bits per heavy atom. The molecular formula is C11H16ClN. The lowest BCUT2D eigenvalue weighted by Gasteiger charge is -2.12. The number of aryl methyl sites for hydroxylation is 2. The van der Waals surface area contributed by atoms with Crippen LogP contribution in [0.15, 0.2) is 18.2 Å². The Bertz CT molecular complexity index is 271. The number of nitrogens with one attached hydrogen (secondary N) is 1.